The second kappa shape index (κ2) is 9.34. The van der Waals surface area contributed by atoms with Gasteiger partial charge in [0.2, 0.25) is 17.7 Å². The van der Waals surface area contributed by atoms with Gasteiger partial charge < -0.3 is 19.3 Å². The van der Waals surface area contributed by atoms with Gasteiger partial charge in [-0.3, -0.25) is 14.6 Å². The first-order valence-electron chi connectivity index (χ1n) is 11.5. The van der Waals surface area contributed by atoms with Crippen LogP contribution < -0.4 is 4.74 Å². The molecule has 2 aliphatic heterocycles. The lowest BCUT2D eigenvalue weighted by Gasteiger charge is -2.39. The molecule has 0 bridgehead atoms. The van der Waals surface area contributed by atoms with Gasteiger partial charge in [0.15, 0.2) is 5.52 Å². The SMILES string of the molecule is CC(=O)N1CCOC(COc2nc(-c3ccc(C4CN(C(C)=O)C4)cc3)cc3nccnc23)C1. The van der Waals surface area contributed by atoms with Crippen LogP contribution >= 0.6 is 0 Å². The van der Waals surface area contributed by atoms with Crippen molar-refractivity contribution < 1.29 is 19.1 Å². The van der Waals surface area contributed by atoms with E-state index in [4.69, 9.17) is 14.5 Å². The van der Waals surface area contributed by atoms with Crippen molar-refractivity contribution in [1.29, 1.82) is 0 Å². The highest BCUT2D eigenvalue weighted by Crippen LogP contribution is 2.31. The highest BCUT2D eigenvalue weighted by atomic mass is 16.5. The second-order valence-electron chi connectivity index (χ2n) is 8.75. The van der Waals surface area contributed by atoms with Crippen molar-refractivity contribution in [3.05, 3.63) is 48.3 Å². The Bertz CT molecular complexity index is 1210. The molecule has 3 aromatic rings. The third-order valence-electron chi connectivity index (χ3n) is 6.42. The predicted molar refractivity (Wildman–Crippen MR) is 125 cm³/mol. The molecule has 2 aromatic heterocycles. The van der Waals surface area contributed by atoms with Gasteiger partial charge in [-0.15, -0.1) is 0 Å². The summed E-state index contributed by atoms with van der Waals surface area (Å²) in [7, 11) is 0. The molecule has 9 nitrogen and oxygen atoms in total. The average Bonchev–Trinajstić information content (AvgIpc) is 2.82. The van der Waals surface area contributed by atoms with Gasteiger partial charge in [0, 0.05) is 57.4 Å². The molecule has 1 atom stereocenters. The van der Waals surface area contributed by atoms with E-state index in [-0.39, 0.29) is 24.5 Å². The average molecular weight is 462 g/mol. The molecule has 5 rings (SSSR count). The summed E-state index contributed by atoms with van der Waals surface area (Å²) in [6.45, 7) is 6.53. The van der Waals surface area contributed by atoms with E-state index in [0.29, 0.717) is 42.5 Å². The van der Waals surface area contributed by atoms with E-state index in [1.54, 1.807) is 31.1 Å². The summed E-state index contributed by atoms with van der Waals surface area (Å²) in [4.78, 5) is 40.4. The summed E-state index contributed by atoms with van der Waals surface area (Å²) in [5.74, 6) is 0.917. The van der Waals surface area contributed by atoms with Crippen LogP contribution in [0.25, 0.3) is 22.3 Å². The Balaban J connectivity index is 1.34. The van der Waals surface area contributed by atoms with Crippen molar-refractivity contribution >= 4 is 22.8 Å². The number of hydrogen-bond acceptors (Lipinski definition) is 7. The molecule has 0 N–H and O–H groups in total. The molecule has 4 heterocycles. The smallest absolute Gasteiger partial charge is 0.242 e. The van der Waals surface area contributed by atoms with Crippen LogP contribution in [0.1, 0.15) is 25.3 Å². The van der Waals surface area contributed by atoms with E-state index in [9.17, 15) is 9.59 Å². The van der Waals surface area contributed by atoms with Crippen molar-refractivity contribution in [2.45, 2.75) is 25.9 Å². The van der Waals surface area contributed by atoms with E-state index < -0.39 is 0 Å². The molecule has 2 saturated heterocycles. The Morgan fingerprint density at radius 3 is 2.50 bits per heavy atom. The van der Waals surface area contributed by atoms with Crippen LogP contribution in [-0.4, -0.2) is 82.1 Å². The maximum Gasteiger partial charge on any atom is 0.242 e. The quantitative estimate of drug-likeness (QED) is 0.575. The Hall–Kier alpha value is -3.59. The number of rotatable bonds is 5. The van der Waals surface area contributed by atoms with Gasteiger partial charge in [-0.2, -0.15) is 0 Å². The number of hydrogen-bond donors (Lipinski definition) is 0. The Labute approximate surface area is 197 Å². The normalized spacial score (nSPS) is 18.6. The van der Waals surface area contributed by atoms with Gasteiger partial charge in [-0.1, -0.05) is 24.3 Å². The fourth-order valence-electron chi connectivity index (χ4n) is 4.34. The third-order valence-corrected chi connectivity index (χ3v) is 6.42. The number of ether oxygens (including phenoxy) is 2. The largest absolute Gasteiger partial charge is 0.473 e. The molecule has 0 spiro atoms. The molecule has 0 aliphatic carbocycles. The molecule has 34 heavy (non-hydrogen) atoms. The Morgan fingerprint density at radius 2 is 1.76 bits per heavy atom. The number of morpholine rings is 1. The van der Waals surface area contributed by atoms with Gasteiger partial charge in [-0.05, 0) is 11.6 Å². The Kier molecular flexibility index (Phi) is 6.10. The van der Waals surface area contributed by atoms with Crippen molar-refractivity contribution in [2.24, 2.45) is 0 Å². The number of amides is 2. The third kappa shape index (κ3) is 4.56. The van der Waals surface area contributed by atoms with Gasteiger partial charge >= 0.3 is 0 Å². The van der Waals surface area contributed by atoms with Gasteiger partial charge in [-0.25, -0.2) is 9.97 Å². The van der Waals surface area contributed by atoms with Crippen LogP contribution in [0, 0.1) is 0 Å². The van der Waals surface area contributed by atoms with Crippen LogP contribution in [0.4, 0.5) is 0 Å². The van der Waals surface area contributed by atoms with Crippen molar-refractivity contribution in [3.63, 3.8) is 0 Å². The number of nitrogens with zero attached hydrogens (tertiary/aromatic N) is 5. The predicted octanol–water partition coefficient (Wildman–Crippen LogP) is 2.26. The van der Waals surface area contributed by atoms with Crippen molar-refractivity contribution in [3.8, 4) is 17.1 Å². The number of carbonyl (C=O) groups excluding carboxylic acids is 2. The van der Waals surface area contributed by atoms with E-state index in [2.05, 4.69) is 22.1 Å². The van der Waals surface area contributed by atoms with Gasteiger partial charge in [0.25, 0.3) is 0 Å². The highest BCUT2D eigenvalue weighted by molar-refractivity contribution is 5.83. The lowest BCUT2D eigenvalue weighted by molar-refractivity contribution is -0.137. The number of likely N-dealkylation sites (tertiary alicyclic amines) is 1. The topological polar surface area (TPSA) is 97.8 Å². The van der Waals surface area contributed by atoms with Gasteiger partial charge in [0.1, 0.15) is 12.7 Å². The monoisotopic (exact) mass is 461 g/mol. The summed E-state index contributed by atoms with van der Waals surface area (Å²) in [5.41, 5.74) is 4.17. The van der Waals surface area contributed by atoms with E-state index >= 15 is 0 Å². The molecule has 9 heteroatoms. The zero-order valence-corrected chi connectivity index (χ0v) is 19.3. The van der Waals surface area contributed by atoms with E-state index in [1.807, 2.05) is 23.1 Å². The minimum absolute atomic E-state index is 0.0316. The summed E-state index contributed by atoms with van der Waals surface area (Å²) in [5, 5.41) is 0. The molecule has 176 valence electrons. The summed E-state index contributed by atoms with van der Waals surface area (Å²) in [6.07, 6.45) is 3.03. The summed E-state index contributed by atoms with van der Waals surface area (Å²) >= 11 is 0. The molecule has 0 radical (unpaired) electrons. The standard InChI is InChI=1S/C25H27N5O4/c1-16(31)29-9-10-33-21(14-29)15-34-25-24-23(26-7-8-27-24)11-22(28-25)19-5-3-18(4-6-19)20-12-30(13-20)17(2)32/h3-8,11,20-21H,9-10,12-15H2,1-2H3. The lowest BCUT2D eigenvalue weighted by atomic mass is 9.90. The zero-order valence-electron chi connectivity index (χ0n) is 19.3. The number of fused-ring (bicyclic) bond motifs is 1. The van der Waals surface area contributed by atoms with Crippen LogP contribution in [0.15, 0.2) is 42.7 Å². The molecule has 2 fully saturated rings. The fraction of sp³-hybridized carbons (Fsp3) is 0.400. The summed E-state index contributed by atoms with van der Waals surface area (Å²) in [6, 6.07) is 10.2. The van der Waals surface area contributed by atoms with Crippen molar-refractivity contribution in [2.75, 3.05) is 39.4 Å². The minimum atomic E-state index is -0.230. The number of pyridine rings is 1. The zero-order chi connectivity index (χ0) is 23.7. The first kappa shape index (κ1) is 22.2. The van der Waals surface area contributed by atoms with Crippen LogP contribution in [0.2, 0.25) is 0 Å². The molecule has 2 aliphatic rings. The molecule has 1 aromatic carbocycles. The summed E-state index contributed by atoms with van der Waals surface area (Å²) < 4.78 is 11.8. The van der Waals surface area contributed by atoms with Crippen molar-refractivity contribution in [1.82, 2.24) is 24.8 Å². The second-order valence-corrected chi connectivity index (χ2v) is 8.75. The molecular formula is C25H27N5O4. The van der Waals surface area contributed by atoms with E-state index in [1.165, 1.54) is 5.56 Å². The first-order valence-corrected chi connectivity index (χ1v) is 11.5. The first-order chi connectivity index (χ1) is 16.5. The molecular weight excluding hydrogens is 434 g/mol. The van der Waals surface area contributed by atoms with Gasteiger partial charge in [0.05, 0.1) is 24.4 Å². The van der Waals surface area contributed by atoms with Crippen LogP contribution in [-0.2, 0) is 14.3 Å². The number of carbonyl (C=O) groups is 2. The lowest BCUT2D eigenvalue weighted by Crippen LogP contribution is -2.47. The molecule has 2 amide bonds. The highest BCUT2D eigenvalue weighted by Gasteiger charge is 2.29. The van der Waals surface area contributed by atoms with Crippen LogP contribution in [0.3, 0.4) is 0 Å². The number of benzene rings is 1. The maximum absolute atomic E-state index is 11.7. The van der Waals surface area contributed by atoms with Crippen LogP contribution in [0.5, 0.6) is 5.88 Å². The fourth-order valence-corrected chi connectivity index (χ4v) is 4.34. The van der Waals surface area contributed by atoms with E-state index in [0.717, 1.165) is 24.3 Å². The maximum atomic E-state index is 11.7. The number of aromatic nitrogens is 3. The molecule has 1 unspecified atom stereocenters. The minimum Gasteiger partial charge on any atom is -0.473 e. The Morgan fingerprint density at radius 1 is 1.03 bits per heavy atom. The molecule has 0 saturated carbocycles.